The molecule has 62 valence electrons. The minimum absolute atomic E-state index is 0.947. The van der Waals surface area contributed by atoms with Gasteiger partial charge in [-0.3, -0.25) is 0 Å². The predicted octanol–water partition coefficient (Wildman–Crippen LogP) is 1.96. The molecule has 0 saturated heterocycles. The topological polar surface area (TPSA) is 29.3 Å². The Kier molecular flexibility index (Phi) is 2.39. The second kappa shape index (κ2) is 3.13. The molecule has 0 radical (unpaired) electrons. The lowest BCUT2D eigenvalue weighted by Gasteiger charge is -2.10. The van der Waals surface area contributed by atoms with E-state index >= 15 is 0 Å². The number of hydrogen-bond donors (Lipinski definition) is 1. The summed E-state index contributed by atoms with van der Waals surface area (Å²) in [6, 6.07) is 0. The second-order valence-corrected chi connectivity index (χ2v) is 3.59. The number of nitrogen functional groups attached to an aromatic ring is 1. The molecule has 1 aromatic heterocycles. The zero-order valence-electron chi connectivity index (χ0n) is 7.22. The third-order valence-corrected chi connectivity index (χ3v) is 2.89. The van der Waals surface area contributed by atoms with Gasteiger partial charge in [-0.05, 0) is 17.4 Å². The van der Waals surface area contributed by atoms with Gasteiger partial charge in [0.25, 0.3) is 0 Å². The monoisotopic (exact) mass is 170 g/mol. The summed E-state index contributed by atoms with van der Waals surface area (Å²) in [6.07, 6.45) is 1.02. The van der Waals surface area contributed by atoms with Crippen LogP contribution in [-0.2, 0) is 6.42 Å². The minimum atomic E-state index is 0.947. The number of anilines is 2. The molecule has 0 aliphatic carbocycles. The number of aryl methyl sites for hydroxylation is 1. The SMILES string of the molecule is CCc1csc(N(C)C)c1N. The van der Waals surface area contributed by atoms with Gasteiger partial charge in [0, 0.05) is 14.1 Å². The quantitative estimate of drug-likeness (QED) is 0.735. The molecule has 0 spiro atoms. The van der Waals surface area contributed by atoms with Crippen LogP contribution >= 0.6 is 11.3 Å². The van der Waals surface area contributed by atoms with Crippen molar-refractivity contribution in [2.75, 3.05) is 24.7 Å². The third kappa shape index (κ3) is 1.48. The predicted molar refractivity (Wildman–Crippen MR) is 52.4 cm³/mol. The summed E-state index contributed by atoms with van der Waals surface area (Å²) >= 11 is 1.71. The highest BCUT2D eigenvalue weighted by atomic mass is 32.1. The van der Waals surface area contributed by atoms with E-state index in [0.29, 0.717) is 0 Å². The van der Waals surface area contributed by atoms with Crippen LogP contribution in [0.4, 0.5) is 10.7 Å². The van der Waals surface area contributed by atoms with Gasteiger partial charge in [-0.15, -0.1) is 11.3 Å². The summed E-state index contributed by atoms with van der Waals surface area (Å²) in [5.74, 6) is 0. The Balaban J connectivity index is 3.00. The zero-order chi connectivity index (χ0) is 8.43. The number of hydrogen-bond acceptors (Lipinski definition) is 3. The Morgan fingerprint density at radius 3 is 2.45 bits per heavy atom. The zero-order valence-corrected chi connectivity index (χ0v) is 8.03. The van der Waals surface area contributed by atoms with E-state index in [1.807, 2.05) is 14.1 Å². The fraction of sp³-hybridized carbons (Fsp3) is 0.500. The molecule has 1 rings (SSSR count). The smallest absolute Gasteiger partial charge is 0.114 e. The fourth-order valence-corrected chi connectivity index (χ4v) is 2.03. The maximum Gasteiger partial charge on any atom is 0.114 e. The largest absolute Gasteiger partial charge is 0.396 e. The first-order valence-electron chi connectivity index (χ1n) is 3.70. The molecule has 2 nitrogen and oxygen atoms in total. The van der Waals surface area contributed by atoms with E-state index < -0.39 is 0 Å². The van der Waals surface area contributed by atoms with Crippen LogP contribution in [0, 0.1) is 0 Å². The van der Waals surface area contributed by atoms with Gasteiger partial charge in [0.15, 0.2) is 0 Å². The van der Waals surface area contributed by atoms with E-state index in [4.69, 9.17) is 5.73 Å². The van der Waals surface area contributed by atoms with E-state index in [9.17, 15) is 0 Å². The van der Waals surface area contributed by atoms with Crippen LogP contribution in [0.3, 0.4) is 0 Å². The molecule has 1 heterocycles. The lowest BCUT2D eigenvalue weighted by atomic mass is 10.2. The molecule has 11 heavy (non-hydrogen) atoms. The lowest BCUT2D eigenvalue weighted by molar-refractivity contribution is 1.13. The molecular weight excluding hydrogens is 156 g/mol. The van der Waals surface area contributed by atoms with Crippen molar-refractivity contribution in [1.82, 2.24) is 0 Å². The number of nitrogens with zero attached hydrogens (tertiary/aromatic N) is 1. The molecule has 0 aliphatic heterocycles. The molecular formula is C8H14N2S. The minimum Gasteiger partial charge on any atom is -0.396 e. The van der Waals surface area contributed by atoms with Gasteiger partial charge in [-0.2, -0.15) is 0 Å². The van der Waals surface area contributed by atoms with Crippen LogP contribution in [0.25, 0.3) is 0 Å². The maximum atomic E-state index is 5.88. The highest BCUT2D eigenvalue weighted by Crippen LogP contribution is 2.32. The van der Waals surface area contributed by atoms with Gasteiger partial charge >= 0.3 is 0 Å². The maximum absolute atomic E-state index is 5.88. The first kappa shape index (κ1) is 8.40. The Morgan fingerprint density at radius 1 is 1.55 bits per heavy atom. The Labute approximate surface area is 71.6 Å². The summed E-state index contributed by atoms with van der Waals surface area (Å²) in [5.41, 5.74) is 8.09. The van der Waals surface area contributed by atoms with Gasteiger partial charge < -0.3 is 10.6 Å². The number of thiophene rings is 1. The van der Waals surface area contributed by atoms with Crippen molar-refractivity contribution >= 4 is 22.0 Å². The fourth-order valence-electron chi connectivity index (χ4n) is 1.01. The molecule has 3 heteroatoms. The summed E-state index contributed by atoms with van der Waals surface area (Å²) in [4.78, 5) is 2.05. The second-order valence-electron chi connectivity index (χ2n) is 2.73. The van der Waals surface area contributed by atoms with Crippen molar-refractivity contribution in [1.29, 1.82) is 0 Å². The van der Waals surface area contributed by atoms with Crippen molar-refractivity contribution in [3.05, 3.63) is 10.9 Å². The molecule has 2 N–H and O–H groups in total. The molecule has 0 fully saturated rings. The van der Waals surface area contributed by atoms with Crippen molar-refractivity contribution in [2.45, 2.75) is 13.3 Å². The lowest BCUT2D eigenvalue weighted by Crippen LogP contribution is -2.08. The first-order valence-corrected chi connectivity index (χ1v) is 4.58. The Morgan fingerprint density at radius 2 is 2.18 bits per heavy atom. The highest BCUT2D eigenvalue weighted by Gasteiger charge is 2.07. The first-order chi connectivity index (χ1) is 5.16. The highest BCUT2D eigenvalue weighted by molar-refractivity contribution is 7.15. The van der Waals surface area contributed by atoms with E-state index in [2.05, 4.69) is 17.2 Å². The van der Waals surface area contributed by atoms with Gasteiger partial charge in [-0.25, -0.2) is 0 Å². The van der Waals surface area contributed by atoms with E-state index in [1.165, 1.54) is 10.6 Å². The normalized spacial score (nSPS) is 10.1. The molecule has 0 aliphatic rings. The average molecular weight is 170 g/mol. The van der Waals surface area contributed by atoms with Crippen LogP contribution in [0.5, 0.6) is 0 Å². The molecule has 0 aromatic carbocycles. The molecule has 1 aromatic rings. The van der Waals surface area contributed by atoms with E-state index in [1.54, 1.807) is 11.3 Å². The summed E-state index contributed by atoms with van der Waals surface area (Å²) < 4.78 is 0. The van der Waals surface area contributed by atoms with Gasteiger partial charge in [-0.1, -0.05) is 6.92 Å². The van der Waals surface area contributed by atoms with Crippen LogP contribution in [0.1, 0.15) is 12.5 Å². The van der Waals surface area contributed by atoms with Crippen LogP contribution in [0.15, 0.2) is 5.38 Å². The summed E-state index contributed by atoms with van der Waals surface area (Å²) in [6.45, 7) is 2.12. The van der Waals surface area contributed by atoms with Crippen LogP contribution < -0.4 is 10.6 Å². The number of rotatable bonds is 2. The molecule has 0 amide bonds. The summed E-state index contributed by atoms with van der Waals surface area (Å²) in [5, 5.41) is 3.30. The van der Waals surface area contributed by atoms with Gasteiger partial charge in [0.1, 0.15) is 5.00 Å². The third-order valence-electron chi connectivity index (χ3n) is 1.68. The average Bonchev–Trinajstić information content (AvgIpc) is 2.30. The molecule has 0 bridgehead atoms. The molecule has 0 saturated carbocycles. The van der Waals surface area contributed by atoms with Crippen molar-refractivity contribution in [3.63, 3.8) is 0 Å². The van der Waals surface area contributed by atoms with Crippen molar-refractivity contribution in [2.24, 2.45) is 0 Å². The Bertz CT molecular complexity index is 240. The van der Waals surface area contributed by atoms with Crippen LogP contribution in [0.2, 0.25) is 0 Å². The number of nitrogens with two attached hydrogens (primary N) is 1. The Hall–Kier alpha value is -0.700. The summed E-state index contributed by atoms with van der Waals surface area (Å²) in [7, 11) is 4.03. The van der Waals surface area contributed by atoms with E-state index in [-0.39, 0.29) is 0 Å². The van der Waals surface area contributed by atoms with Crippen molar-refractivity contribution < 1.29 is 0 Å². The molecule has 0 unspecified atom stereocenters. The van der Waals surface area contributed by atoms with Crippen molar-refractivity contribution in [3.8, 4) is 0 Å². The van der Waals surface area contributed by atoms with Crippen LogP contribution in [-0.4, -0.2) is 14.1 Å². The van der Waals surface area contributed by atoms with E-state index in [0.717, 1.165) is 12.1 Å². The standard InChI is InChI=1S/C8H14N2S/c1-4-6-5-11-8(7(6)9)10(2)3/h5H,4,9H2,1-3H3. The molecule has 0 atom stereocenters. The van der Waals surface area contributed by atoms with Gasteiger partial charge in [0.2, 0.25) is 0 Å². The van der Waals surface area contributed by atoms with Gasteiger partial charge in [0.05, 0.1) is 5.69 Å².